The molecule has 0 saturated carbocycles. The summed E-state index contributed by atoms with van der Waals surface area (Å²) in [5.41, 5.74) is 0. The minimum absolute atomic E-state index is 0.304. The summed E-state index contributed by atoms with van der Waals surface area (Å²) < 4.78 is 27.1. The van der Waals surface area contributed by atoms with Gasteiger partial charge in [0.2, 0.25) is 10.0 Å². The summed E-state index contributed by atoms with van der Waals surface area (Å²) in [5.74, 6) is 0. The lowest BCUT2D eigenvalue weighted by molar-refractivity contribution is 0.347. The Hall–Kier alpha value is -1.17. The summed E-state index contributed by atoms with van der Waals surface area (Å²) in [6, 6.07) is 6.85. The Labute approximate surface area is 123 Å². The van der Waals surface area contributed by atoms with Crippen LogP contribution in [0.5, 0.6) is 0 Å². The number of sulfonamides is 1. The predicted molar refractivity (Wildman–Crippen MR) is 79.4 cm³/mol. The fraction of sp³-hybridized carbons (Fsp3) is 0.357. The third-order valence-electron chi connectivity index (χ3n) is 3.62. The summed E-state index contributed by atoms with van der Waals surface area (Å²) in [5, 5.41) is 1.73. The average Bonchev–Trinajstić information content (AvgIpc) is 2.47. The van der Waals surface area contributed by atoms with Crippen LogP contribution in [0.4, 0.5) is 0 Å². The molecular weight excluding hydrogens is 296 g/mol. The summed E-state index contributed by atoms with van der Waals surface area (Å²) in [4.78, 5) is 4.32. The van der Waals surface area contributed by atoms with E-state index in [9.17, 15) is 8.42 Å². The van der Waals surface area contributed by atoms with E-state index in [0.717, 1.165) is 24.6 Å². The Balaban J connectivity index is 2.15. The number of hydrogen-bond acceptors (Lipinski definition) is 3. The van der Waals surface area contributed by atoms with Gasteiger partial charge in [0.15, 0.2) is 0 Å². The van der Waals surface area contributed by atoms with Gasteiger partial charge in [-0.25, -0.2) is 13.4 Å². The Morgan fingerprint density at radius 3 is 2.65 bits per heavy atom. The van der Waals surface area contributed by atoms with Gasteiger partial charge in [-0.15, -0.1) is 0 Å². The van der Waals surface area contributed by atoms with Crippen LogP contribution in [0.1, 0.15) is 19.3 Å². The second-order valence-electron chi connectivity index (χ2n) is 4.95. The maximum absolute atomic E-state index is 12.8. The largest absolute Gasteiger partial charge is 0.244 e. The summed E-state index contributed by atoms with van der Waals surface area (Å²) in [6.45, 7) is 1.19. The molecule has 2 aromatic rings. The Morgan fingerprint density at radius 1 is 1.15 bits per heavy atom. The van der Waals surface area contributed by atoms with E-state index in [-0.39, 0.29) is 0 Å². The van der Waals surface area contributed by atoms with Gasteiger partial charge < -0.3 is 0 Å². The highest BCUT2D eigenvalue weighted by Gasteiger charge is 2.27. The van der Waals surface area contributed by atoms with Crippen molar-refractivity contribution >= 4 is 32.4 Å². The van der Waals surface area contributed by atoms with Gasteiger partial charge >= 0.3 is 0 Å². The molecule has 106 valence electrons. The van der Waals surface area contributed by atoms with Crippen LogP contribution in [0.3, 0.4) is 0 Å². The molecule has 0 amide bonds. The second-order valence-corrected chi connectivity index (χ2v) is 7.24. The zero-order valence-corrected chi connectivity index (χ0v) is 12.5. The quantitative estimate of drug-likeness (QED) is 0.801. The van der Waals surface area contributed by atoms with Crippen molar-refractivity contribution in [2.24, 2.45) is 0 Å². The first-order valence-corrected chi connectivity index (χ1v) is 8.45. The molecule has 0 N–H and O–H groups in total. The molecule has 4 nitrogen and oxygen atoms in total. The van der Waals surface area contributed by atoms with Crippen LogP contribution in [0.25, 0.3) is 10.8 Å². The molecule has 3 rings (SSSR count). The fourth-order valence-electron chi connectivity index (χ4n) is 2.58. The van der Waals surface area contributed by atoms with Crippen LogP contribution in [0, 0.1) is 0 Å². The zero-order chi connectivity index (χ0) is 14.2. The Morgan fingerprint density at radius 2 is 1.90 bits per heavy atom. The number of benzene rings is 1. The number of pyridine rings is 1. The molecule has 0 aliphatic carbocycles. The normalized spacial score (nSPS) is 17.4. The van der Waals surface area contributed by atoms with E-state index in [4.69, 9.17) is 11.6 Å². The van der Waals surface area contributed by atoms with Crippen LogP contribution in [-0.4, -0.2) is 30.8 Å². The standard InChI is InChI=1S/C14H15ClN2O2S/c15-14-9-12-11(10-16-14)5-4-6-13(12)20(18,19)17-7-2-1-3-8-17/h4-6,9-10H,1-3,7-8H2. The molecule has 1 aromatic heterocycles. The monoisotopic (exact) mass is 310 g/mol. The molecule has 0 atom stereocenters. The predicted octanol–water partition coefficient (Wildman–Crippen LogP) is 3.06. The highest BCUT2D eigenvalue weighted by Crippen LogP contribution is 2.28. The molecular formula is C14H15ClN2O2S. The maximum atomic E-state index is 12.8. The van der Waals surface area contributed by atoms with Crippen LogP contribution in [0.15, 0.2) is 35.4 Å². The molecule has 20 heavy (non-hydrogen) atoms. The van der Waals surface area contributed by atoms with Crippen molar-refractivity contribution in [2.75, 3.05) is 13.1 Å². The molecule has 6 heteroatoms. The van der Waals surface area contributed by atoms with E-state index in [1.807, 2.05) is 6.07 Å². The van der Waals surface area contributed by atoms with Crippen molar-refractivity contribution in [1.82, 2.24) is 9.29 Å². The summed E-state index contributed by atoms with van der Waals surface area (Å²) >= 11 is 5.91. The smallest absolute Gasteiger partial charge is 0.243 e. The first-order valence-electron chi connectivity index (χ1n) is 6.63. The van der Waals surface area contributed by atoms with Gasteiger partial charge in [-0.1, -0.05) is 30.2 Å². The first-order chi connectivity index (χ1) is 9.59. The third-order valence-corrected chi connectivity index (χ3v) is 5.79. The molecule has 1 aliphatic heterocycles. The van der Waals surface area contributed by atoms with Crippen molar-refractivity contribution in [2.45, 2.75) is 24.2 Å². The lowest BCUT2D eigenvalue weighted by Gasteiger charge is -2.26. The molecule has 1 aliphatic rings. The molecule has 1 aromatic carbocycles. The van der Waals surface area contributed by atoms with Crippen molar-refractivity contribution in [1.29, 1.82) is 0 Å². The lowest BCUT2D eigenvalue weighted by Crippen LogP contribution is -2.35. The van der Waals surface area contributed by atoms with E-state index in [1.54, 1.807) is 28.7 Å². The number of rotatable bonds is 2. The number of halogens is 1. The Kier molecular flexibility index (Phi) is 3.67. The topological polar surface area (TPSA) is 50.3 Å². The third kappa shape index (κ3) is 2.41. The van der Waals surface area contributed by atoms with Gasteiger partial charge in [-0.05, 0) is 25.0 Å². The number of piperidine rings is 1. The van der Waals surface area contributed by atoms with Gasteiger partial charge in [-0.2, -0.15) is 4.31 Å². The van der Waals surface area contributed by atoms with E-state index >= 15 is 0 Å². The van der Waals surface area contributed by atoms with Crippen LogP contribution >= 0.6 is 11.6 Å². The summed E-state index contributed by atoms with van der Waals surface area (Å²) in [6.07, 6.45) is 4.54. The molecule has 0 radical (unpaired) electrons. The highest BCUT2D eigenvalue weighted by atomic mass is 35.5. The zero-order valence-electron chi connectivity index (χ0n) is 10.9. The fourth-order valence-corrected chi connectivity index (χ4v) is 4.47. The second kappa shape index (κ2) is 5.31. The van der Waals surface area contributed by atoms with Crippen LogP contribution in [-0.2, 0) is 10.0 Å². The Bertz CT molecular complexity index is 740. The number of aromatic nitrogens is 1. The minimum Gasteiger partial charge on any atom is -0.244 e. The van der Waals surface area contributed by atoms with E-state index in [1.165, 1.54) is 0 Å². The highest BCUT2D eigenvalue weighted by molar-refractivity contribution is 7.89. The van der Waals surface area contributed by atoms with Gasteiger partial charge in [0.05, 0.1) is 4.90 Å². The first kappa shape index (κ1) is 13.8. The van der Waals surface area contributed by atoms with Gasteiger partial charge in [0, 0.05) is 30.1 Å². The van der Waals surface area contributed by atoms with Crippen molar-refractivity contribution < 1.29 is 8.42 Å². The number of hydrogen-bond donors (Lipinski definition) is 0. The molecule has 0 unspecified atom stereocenters. The van der Waals surface area contributed by atoms with Crippen LogP contribution < -0.4 is 0 Å². The van der Waals surface area contributed by atoms with Gasteiger partial charge in [0.25, 0.3) is 0 Å². The van der Waals surface area contributed by atoms with Crippen molar-refractivity contribution in [3.05, 3.63) is 35.6 Å². The van der Waals surface area contributed by atoms with Gasteiger partial charge in [0.1, 0.15) is 5.15 Å². The van der Waals surface area contributed by atoms with Crippen molar-refractivity contribution in [3.8, 4) is 0 Å². The van der Waals surface area contributed by atoms with E-state index in [2.05, 4.69) is 4.98 Å². The molecule has 1 saturated heterocycles. The minimum atomic E-state index is -3.46. The lowest BCUT2D eigenvalue weighted by atomic mass is 10.2. The maximum Gasteiger partial charge on any atom is 0.243 e. The van der Waals surface area contributed by atoms with E-state index < -0.39 is 10.0 Å². The number of nitrogens with zero attached hydrogens (tertiary/aromatic N) is 2. The molecule has 2 heterocycles. The van der Waals surface area contributed by atoms with Gasteiger partial charge in [-0.3, -0.25) is 0 Å². The summed E-state index contributed by atoms with van der Waals surface area (Å²) in [7, 11) is -3.46. The van der Waals surface area contributed by atoms with E-state index in [0.29, 0.717) is 28.5 Å². The SMILES string of the molecule is O=S(=O)(c1cccc2cnc(Cl)cc12)N1CCCCC1. The van der Waals surface area contributed by atoms with Crippen molar-refractivity contribution in [3.63, 3.8) is 0 Å². The number of fused-ring (bicyclic) bond motifs is 1. The average molecular weight is 311 g/mol. The molecule has 1 fully saturated rings. The van der Waals surface area contributed by atoms with Crippen LogP contribution in [0.2, 0.25) is 5.15 Å². The molecule has 0 spiro atoms. The molecule has 0 bridgehead atoms.